The fraction of sp³-hybridized carbons (Fsp3) is 1.00. The van der Waals surface area contributed by atoms with Gasteiger partial charge in [-0.3, -0.25) is 0 Å². The van der Waals surface area contributed by atoms with Crippen molar-refractivity contribution in [1.29, 1.82) is 0 Å². The van der Waals surface area contributed by atoms with Gasteiger partial charge in [0.05, 0.1) is 6.61 Å². The highest BCUT2D eigenvalue weighted by Gasteiger charge is 2.62. The van der Waals surface area contributed by atoms with Gasteiger partial charge in [-0.2, -0.15) is 0 Å². The molecule has 1 nitrogen and oxygen atoms in total. The normalized spacial score (nSPS) is 46.0. The lowest BCUT2D eigenvalue weighted by Gasteiger charge is -2.08. The Hall–Kier alpha value is -0.0400. The molecule has 1 unspecified atom stereocenters. The first-order valence-corrected chi connectivity index (χ1v) is 3.74. The average Bonchev–Trinajstić information content (AvgIpc) is 2.27. The predicted molar refractivity (Wildman–Crippen MR) is 36.3 cm³/mol. The van der Waals surface area contributed by atoms with Gasteiger partial charge in [-0.15, -0.1) is 0 Å². The average molecular weight is 126 g/mol. The van der Waals surface area contributed by atoms with Crippen LogP contribution in [-0.2, 0) is 4.74 Å². The fourth-order valence-electron chi connectivity index (χ4n) is 2.08. The molecule has 0 aromatic rings. The van der Waals surface area contributed by atoms with Crippen LogP contribution >= 0.6 is 0 Å². The van der Waals surface area contributed by atoms with Gasteiger partial charge in [-0.05, 0) is 18.3 Å². The monoisotopic (exact) mass is 126 g/mol. The van der Waals surface area contributed by atoms with Crippen molar-refractivity contribution in [1.82, 2.24) is 0 Å². The van der Waals surface area contributed by atoms with Crippen molar-refractivity contribution < 1.29 is 4.74 Å². The molecule has 1 heterocycles. The number of rotatable bonds is 0. The minimum absolute atomic E-state index is 0.601. The summed E-state index contributed by atoms with van der Waals surface area (Å²) in [5.41, 5.74) is 1.22. The summed E-state index contributed by atoms with van der Waals surface area (Å²) in [6, 6.07) is 0. The zero-order valence-corrected chi connectivity index (χ0v) is 6.24. The van der Waals surface area contributed by atoms with Crippen LogP contribution in [0.2, 0.25) is 0 Å². The molecular formula is C8H14O. The second-order valence-corrected chi connectivity index (χ2v) is 4.14. The molecule has 1 saturated heterocycles. The van der Waals surface area contributed by atoms with Crippen LogP contribution in [0.4, 0.5) is 0 Å². The minimum atomic E-state index is 0.601. The minimum Gasteiger partial charge on any atom is -0.381 e. The lowest BCUT2D eigenvalue weighted by Crippen LogP contribution is -2.07. The summed E-state index contributed by atoms with van der Waals surface area (Å²) < 4.78 is 5.36. The van der Waals surface area contributed by atoms with Gasteiger partial charge in [0.1, 0.15) is 0 Å². The molecule has 0 aromatic carbocycles. The van der Waals surface area contributed by atoms with Crippen LogP contribution < -0.4 is 0 Å². The molecule has 0 bridgehead atoms. The first-order valence-electron chi connectivity index (χ1n) is 3.74. The molecule has 1 aliphatic carbocycles. The van der Waals surface area contributed by atoms with Crippen LogP contribution in [0.25, 0.3) is 0 Å². The van der Waals surface area contributed by atoms with Crippen molar-refractivity contribution in [3.8, 4) is 0 Å². The van der Waals surface area contributed by atoms with Gasteiger partial charge in [0.15, 0.2) is 0 Å². The summed E-state index contributed by atoms with van der Waals surface area (Å²) in [5, 5.41) is 0. The third-order valence-electron chi connectivity index (χ3n) is 3.19. The Morgan fingerprint density at radius 3 is 2.22 bits per heavy atom. The lowest BCUT2D eigenvalue weighted by molar-refractivity contribution is 0.173. The summed E-state index contributed by atoms with van der Waals surface area (Å²) >= 11 is 0. The SMILES string of the molecule is CC1(C)CC12CCOC2. The molecule has 2 fully saturated rings. The number of ether oxygens (including phenoxy) is 1. The number of hydrogen-bond acceptors (Lipinski definition) is 1. The second-order valence-electron chi connectivity index (χ2n) is 4.14. The van der Waals surface area contributed by atoms with Crippen LogP contribution in [0.15, 0.2) is 0 Å². The van der Waals surface area contributed by atoms with Gasteiger partial charge in [0, 0.05) is 12.0 Å². The Kier molecular flexibility index (Phi) is 0.852. The van der Waals surface area contributed by atoms with Crippen molar-refractivity contribution in [2.75, 3.05) is 13.2 Å². The molecule has 2 rings (SSSR count). The summed E-state index contributed by atoms with van der Waals surface area (Å²) in [6.45, 7) is 6.73. The molecule has 0 radical (unpaired) electrons. The van der Waals surface area contributed by atoms with Crippen molar-refractivity contribution in [3.63, 3.8) is 0 Å². The van der Waals surface area contributed by atoms with E-state index >= 15 is 0 Å². The number of hydrogen-bond donors (Lipinski definition) is 0. The maximum atomic E-state index is 5.36. The molecule has 1 saturated carbocycles. The van der Waals surface area contributed by atoms with Crippen molar-refractivity contribution >= 4 is 0 Å². The van der Waals surface area contributed by atoms with Crippen LogP contribution in [0.3, 0.4) is 0 Å². The van der Waals surface area contributed by atoms with E-state index in [1.807, 2.05) is 0 Å². The highest BCUT2D eigenvalue weighted by Crippen LogP contribution is 2.67. The molecule has 2 aliphatic rings. The quantitative estimate of drug-likeness (QED) is 0.481. The van der Waals surface area contributed by atoms with E-state index < -0.39 is 0 Å². The van der Waals surface area contributed by atoms with Crippen molar-refractivity contribution in [2.24, 2.45) is 10.8 Å². The summed E-state index contributed by atoms with van der Waals surface area (Å²) in [7, 11) is 0. The van der Waals surface area contributed by atoms with Gasteiger partial charge >= 0.3 is 0 Å². The lowest BCUT2D eigenvalue weighted by atomic mass is 9.96. The van der Waals surface area contributed by atoms with Crippen LogP contribution in [0, 0.1) is 10.8 Å². The van der Waals surface area contributed by atoms with E-state index in [2.05, 4.69) is 13.8 Å². The molecule has 9 heavy (non-hydrogen) atoms. The van der Waals surface area contributed by atoms with Crippen LogP contribution in [-0.4, -0.2) is 13.2 Å². The summed E-state index contributed by atoms with van der Waals surface area (Å²) in [6.07, 6.45) is 2.69. The maximum Gasteiger partial charge on any atom is 0.0528 e. The standard InChI is InChI=1S/C8H14O/c1-7(2)5-8(7)3-4-9-6-8/h3-6H2,1-2H3. The van der Waals surface area contributed by atoms with Gasteiger partial charge in [0.25, 0.3) is 0 Å². The highest BCUT2D eigenvalue weighted by molar-refractivity contribution is 5.10. The Labute approximate surface area is 56.4 Å². The van der Waals surface area contributed by atoms with E-state index in [-0.39, 0.29) is 0 Å². The second kappa shape index (κ2) is 1.34. The van der Waals surface area contributed by atoms with Gasteiger partial charge in [-0.25, -0.2) is 0 Å². The molecule has 0 amide bonds. The van der Waals surface area contributed by atoms with Gasteiger partial charge < -0.3 is 4.74 Å². The van der Waals surface area contributed by atoms with Gasteiger partial charge in [0.2, 0.25) is 0 Å². The Morgan fingerprint density at radius 2 is 2.00 bits per heavy atom. The molecule has 0 N–H and O–H groups in total. The van der Waals surface area contributed by atoms with E-state index in [4.69, 9.17) is 4.74 Å². The Bertz CT molecular complexity index is 126. The Morgan fingerprint density at radius 1 is 1.33 bits per heavy atom. The molecule has 0 aromatic heterocycles. The van der Waals surface area contributed by atoms with Crippen LogP contribution in [0.5, 0.6) is 0 Å². The first-order chi connectivity index (χ1) is 4.16. The predicted octanol–water partition coefficient (Wildman–Crippen LogP) is 1.82. The van der Waals surface area contributed by atoms with Crippen LogP contribution in [0.1, 0.15) is 26.7 Å². The molecule has 1 spiro atoms. The highest BCUT2D eigenvalue weighted by atomic mass is 16.5. The molecule has 1 heteroatoms. The van der Waals surface area contributed by atoms with Gasteiger partial charge in [-0.1, -0.05) is 13.8 Å². The van der Waals surface area contributed by atoms with Crippen molar-refractivity contribution in [3.05, 3.63) is 0 Å². The summed E-state index contributed by atoms with van der Waals surface area (Å²) in [4.78, 5) is 0. The van der Waals surface area contributed by atoms with E-state index in [0.717, 1.165) is 13.2 Å². The van der Waals surface area contributed by atoms with E-state index in [9.17, 15) is 0 Å². The smallest absolute Gasteiger partial charge is 0.0528 e. The topological polar surface area (TPSA) is 9.23 Å². The maximum absolute atomic E-state index is 5.36. The zero-order valence-electron chi connectivity index (χ0n) is 6.24. The van der Waals surface area contributed by atoms with E-state index in [1.54, 1.807) is 0 Å². The third kappa shape index (κ3) is 0.586. The van der Waals surface area contributed by atoms with E-state index in [1.165, 1.54) is 12.8 Å². The molecule has 52 valence electrons. The zero-order chi connectivity index (χ0) is 6.54. The first kappa shape index (κ1) is 5.72. The molecule has 1 aliphatic heterocycles. The largest absolute Gasteiger partial charge is 0.381 e. The van der Waals surface area contributed by atoms with Crippen molar-refractivity contribution in [2.45, 2.75) is 26.7 Å². The van der Waals surface area contributed by atoms with E-state index in [0.29, 0.717) is 10.8 Å². The molecule has 1 atom stereocenters. The Balaban J connectivity index is 2.13. The third-order valence-corrected chi connectivity index (χ3v) is 3.19. The fourth-order valence-corrected chi connectivity index (χ4v) is 2.08. The molecular weight excluding hydrogens is 112 g/mol. The summed E-state index contributed by atoms with van der Waals surface area (Å²) in [5.74, 6) is 0.